The highest BCUT2D eigenvalue weighted by atomic mass is 15.3. The Morgan fingerprint density at radius 1 is 0.931 bits per heavy atom. The Morgan fingerprint density at radius 2 is 1.69 bits per heavy atom. The van der Waals surface area contributed by atoms with Crippen molar-refractivity contribution in [2.24, 2.45) is 5.73 Å². The number of anilines is 2. The predicted molar refractivity (Wildman–Crippen MR) is 120 cm³/mol. The highest BCUT2D eigenvalue weighted by Crippen LogP contribution is 2.31. The number of hydrogen-bond acceptors (Lipinski definition) is 6. The summed E-state index contributed by atoms with van der Waals surface area (Å²) in [5, 5.41) is 3.73. The van der Waals surface area contributed by atoms with E-state index in [4.69, 9.17) is 10.7 Å². The Balaban J connectivity index is 1.45. The van der Waals surface area contributed by atoms with Gasteiger partial charge in [0.05, 0.1) is 0 Å². The van der Waals surface area contributed by atoms with E-state index in [2.05, 4.69) is 26.2 Å². The molecule has 6 heteroatoms. The first-order valence-electron chi connectivity index (χ1n) is 12.2. The number of hydrogen-bond donors (Lipinski definition) is 2. The van der Waals surface area contributed by atoms with Crippen LogP contribution < -0.4 is 16.0 Å². The first-order chi connectivity index (χ1) is 14.3. The standard InChI is InChI=1S/C23H40N6/c24-14-12-21-20(11-8-18-29(21)19-9-4-3-5-10-19)26-23-25-15-13-22(27-23)28-16-6-1-2-7-17-28/h13,15,19-21H,1-12,14,16-18,24H2,(H,25,26,27)/t20-,21+/m0/s1. The molecule has 3 aliphatic rings. The lowest BCUT2D eigenvalue weighted by molar-refractivity contribution is 0.0609. The molecule has 1 aromatic rings. The van der Waals surface area contributed by atoms with Crippen LogP contribution in [0.25, 0.3) is 0 Å². The zero-order valence-electron chi connectivity index (χ0n) is 18.1. The van der Waals surface area contributed by atoms with E-state index in [1.165, 1.54) is 77.2 Å². The molecule has 2 saturated heterocycles. The first-order valence-corrected chi connectivity index (χ1v) is 12.2. The monoisotopic (exact) mass is 400 g/mol. The molecule has 3 heterocycles. The van der Waals surface area contributed by atoms with Crippen molar-refractivity contribution in [3.8, 4) is 0 Å². The topological polar surface area (TPSA) is 70.3 Å². The van der Waals surface area contributed by atoms with Crippen LogP contribution in [0.15, 0.2) is 12.3 Å². The summed E-state index contributed by atoms with van der Waals surface area (Å²) in [7, 11) is 0. The molecule has 29 heavy (non-hydrogen) atoms. The largest absolute Gasteiger partial charge is 0.356 e. The van der Waals surface area contributed by atoms with Gasteiger partial charge in [0.2, 0.25) is 5.95 Å². The van der Waals surface area contributed by atoms with Crippen LogP contribution in [0, 0.1) is 0 Å². The second-order valence-corrected chi connectivity index (χ2v) is 9.21. The van der Waals surface area contributed by atoms with Crippen molar-refractivity contribution in [2.45, 2.75) is 95.2 Å². The van der Waals surface area contributed by atoms with Gasteiger partial charge in [-0.05, 0) is 64.1 Å². The second-order valence-electron chi connectivity index (χ2n) is 9.21. The molecule has 0 spiro atoms. The van der Waals surface area contributed by atoms with Crippen molar-refractivity contribution >= 4 is 11.8 Å². The van der Waals surface area contributed by atoms with E-state index in [0.717, 1.165) is 43.9 Å². The van der Waals surface area contributed by atoms with Gasteiger partial charge in [-0.1, -0.05) is 32.1 Å². The number of rotatable bonds is 6. The minimum atomic E-state index is 0.397. The minimum Gasteiger partial charge on any atom is -0.356 e. The Hall–Kier alpha value is -1.40. The number of nitrogens with one attached hydrogen (secondary N) is 1. The average molecular weight is 401 g/mol. The third kappa shape index (κ3) is 5.40. The normalized spacial score (nSPS) is 27.6. The fourth-order valence-corrected chi connectivity index (χ4v) is 5.72. The van der Waals surface area contributed by atoms with Crippen LogP contribution in [0.4, 0.5) is 11.8 Å². The van der Waals surface area contributed by atoms with Crippen molar-refractivity contribution < 1.29 is 0 Å². The maximum Gasteiger partial charge on any atom is 0.224 e. The van der Waals surface area contributed by atoms with Gasteiger partial charge in [-0.2, -0.15) is 4.98 Å². The third-order valence-electron chi connectivity index (χ3n) is 7.21. The molecule has 0 unspecified atom stereocenters. The Kier molecular flexibility index (Phi) is 7.61. The lowest BCUT2D eigenvalue weighted by Crippen LogP contribution is -2.56. The summed E-state index contributed by atoms with van der Waals surface area (Å²) < 4.78 is 0. The molecule has 4 rings (SSSR count). The molecule has 3 N–H and O–H groups in total. The molecule has 0 bridgehead atoms. The van der Waals surface area contributed by atoms with Gasteiger partial charge in [-0.3, -0.25) is 4.90 Å². The molecule has 1 saturated carbocycles. The van der Waals surface area contributed by atoms with Gasteiger partial charge in [0.25, 0.3) is 0 Å². The molecule has 0 amide bonds. The Labute approximate surface area is 176 Å². The van der Waals surface area contributed by atoms with E-state index in [9.17, 15) is 0 Å². The van der Waals surface area contributed by atoms with Crippen LogP contribution >= 0.6 is 0 Å². The van der Waals surface area contributed by atoms with Crippen LogP contribution in [0.5, 0.6) is 0 Å². The van der Waals surface area contributed by atoms with Gasteiger partial charge in [-0.15, -0.1) is 0 Å². The quantitative estimate of drug-likeness (QED) is 0.757. The van der Waals surface area contributed by atoms with Gasteiger partial charge in [0.1, 0.15) is 5.82 Å². The van der Waals surface area contributed by atoms with Crippen LogP contribution in [-0.4, -0.2) is 59.2 Å². The fourth-order valence-electron chi connectivity index (χ4n) is 5.72. The van der Waals surface area contributed by atoms with Gasteiger partial charge >= 0.3 is 0 Å². The summed E-state index contributed by atoms with van der Waals surface area (Å²) in [5.41, 5.74) is 6.05. The summed E-state index contributed by atoms with van der Waals surface area (Å²) in [5.74, 6) is 1.88. The molecule has 2 aliphatic heterocycles. The van der Waals surface area contributed by atoms with E-state index >= 15 is 0 Å². The van der Waals surface area contributed by atoms with Crippen LogP contribution in [0.1, 0.15) is 77.0 Å². The molecule has 0 aromatic carbocycles. The molecule has 1 aliphatic carbocycles. The summed E-state index contributed by atoms with van der Waals surface area (Å²) >= 11 is 0. The molecule has 2 atom stereocenters. The summed E-state index contributed by atoms with van der Waals surface area (Å²) in [4.78, 5) is 14.7. The molecule has 6 nitrogen and oxygen atoms in total. The molecule has 0 radical (unpaired) electrons. The highest BCUT2D eigenvalue weighted by Gasteiger charge is 2.35. The smallest absolute Gasteiger partial charge is 0.224 e. The van der Waals surface area contributed by atoms with Gasteiger partial charge in [0.15, 0.2) is 0 Å². The summed E-state index contributed by atoms with van der Waals surface area (Å²) in [6.45, 7) is 4.21. The lowest BCUT2D eigenvalue weighted by Gasteiger charge is -2.46. The third-order valence-corrected chi connectivity index (χ3v) is 7.21. The van der Waals surface area contributed by atoms with Gasteiger partial charge in [0, 0.05) is 37.4 Å². The highest BCUT2D eigenvalue weighted by molar-refractivity contribution is 5.43. The SMILES string of the molecule is NCC[C@@H]1[C@@H](Nc2nccc(N3CCCCCC3)n2)CCCN1C1CCCCC1. The number of aromatic nitrogens is 2. The van der Waals surface area contributed by atoms with Crippen molar-refractivity contribution in [3.63, 3.8) is 0 Å². The average Bonchev–Trinajstić information content (AvgIpc) is 3.06. The van der Waals surface area contributed by atoms with E-state index in [1.54, 1.807) is 0 Å². The molecular weight excluding hydrogens is 360 g/mol. The number of nitrogens with zero attached hydrogens (tertiary/aromatic N) is 4. The summed E-state index contributed by atoms with van der Waals surface area (Å²) in [6.07, 6.45) is 17.5. The Bertz CT molecular complexity index is 609. The van der Waals surface area contributed by atoms with Crippen molar-refractivity contribution in [1.29, 1.82) is 0 Å². The number of likely N-dealkylation sites (tertiary alicyclic amines) is 1. The van der Waals surface area contributed by atoms with Gasteiger partial charge in [-0.25, -0.2) is 4.98 Å². The van der Waals surface area contributed by atoms with E-state index in [0.29, 0.717) is 12.1 Å². The molecule has 162 valence electrons. The van der Waals surface area contributed by atoms with Crippen LogP contribution in [-0.2, 0) is 0 Å². The molecule has 1 aromatic heterocycles. The number of piperidine rings is 1. The minimum absolute atomic E-state index is 0.397. The van der Waals surface area contributed by atoms with Crippen molar-refractivity contribution in [3.05, 3.63) is 12.3 Å². The van der Waals surface area contributed by atoms with E-state index in [1.807, 2.05) is 6.20 Å². The van der Waals surface area contributed by atoms with Crippen LogP contribution in [0.2, 0.25) is 0 Å². The molecular formula is C23H40N6. The van der Waals surface area contributed by atoms with Crippen molar-refractivity contribution in [1.82, 2.24) is 14.9 Å². The molecule has 3 fully saturated rings. The zero-order chi connectivity index (χ0) is 19.9. The number of nitrogens with two attached hydrogens (primary N) is 1. The van der Waals surface area contributed by atoms with E-state index in [-0.39, 0.29) is 0 Å². The van der Waals surface area contributed by atoms with Crippen LogP contribution in [0.3, 0.4) is 0 Å². The zero-order valence-corrected chi connectivity index (χ0v) is 18.1. The predicted octanol–water partition coefficient (Wildman–Crippen LogP) is 3.78. The lowest BCUT2D eigenvalue weighted by atomic mass is 9.87. The summed E-state index contributed by atoms with van der Waals surface area (Å²) in [6, 6.07) is 3.72. The second kappa shape index (κ2) is 10.6. The first kappa shape index (κ1) is 20.9. The van der Waals surface area contributed by atoms with Gasteiger partial charge < -0.3 is 16.0 Å². The van der Waals surface area contributed by atoms with E-state index < -0.39 is 0 Å². The fraction of sp³-hybridized carbons (Fsp3) is 0.826. The maximum atomic E-state index is 6.05. The Morgan fingerprint density at radius 3 is 2.45 bits per heavy atom. The van der Waals surface area contributed by atoms with Crippen molar-refractivity contribution in [2.75, 3.05) is 36.4 Å². The maximum absolute atomic E-state index is 6.05.